The third-order valence-electron chi connectivity index (χ3n) is 6.01. The maximum Gasteiger partial charge on any atom is 0.324 e. The highest BCUT2D eigenvalue weighted by Gasteiger charge is 2.41. The van der Waals surface area contributed by atoms with E-state index in [9.17, 15) is 9.59 Å². The van der Waals surface area contributed by atoms with Crippen molar-refractivity contribution in [2.24, 2.45) is 11.8 Å². The number of hydrogen-bond acceptors (Lipinski definition) is 4. The number of rotatable bonds is 6. The fourth-order valence-corrected chi connectivity index (χ4v) is 4.54. The molecule has 2 aliphatic heterocycles. The maximum atomic E-state index is 12.9. The van der Waals surface area contributed by atoms with Crippen molar-refractivity contribution < 1.29 is 14.3 Å². The first-order valence-electron chi connectivity index (χ1n) is 10.6. The summed E-state index contributed by atoms with van der Waals surface area (Å²) in [6.45, 7) is 3.52. The summed E-state index contributed by atoms with van der Waals surface area (Å²) in [5.41, 5.74) is 2.38. The van der Waals surface area contributed by atoms with Crippen LogP contribution in [0.2, 0.25) is 0 Å². The van der Waals surface area contributed by atoms with Crippen molar-refractivity contribution in [3.8, 4) is 5.75 Å². The van der Waals surface area contributed by atoms with E-state index < -0.39 is 0 Å². The molecule has 0 radical (unpaired) electrons. The number of benzene rings is 2. The Hall–Kier alpha value is -2.86. The molecule has 2 aromatic carbocycles. The molecule has 2 atom stereocenters. The summed E-state index contributed by atoms with van der Waals surface area (Å²) in [5, 5.41) is 2.92. The second-order valence-electron chi connectivity index (χ2n) is 8.26. The lowest BCUT2D eigenvalue weighted by Crippen LogP contribution is -2.58. The molecule has 4 rings (SSSR count). The van der Waals surface area contributed by atoms with Crippen LogP contribution in [0, 0.1) is 11.8 Å². The van der Waals surface area contributed by atoms with E-state index in [2.05, 4.69) is 22.3 Å². The van der Waals surface area contributed by atoms with E-state index >= 15 is 0 Å². The van der Waals surface area contributed by atoms with Crippen molar-refractivity contribution in [3.05, 3.63) is 65.7 Å². The van der Waals surface area contributed by atoms with Gasteiger partial charge in [-0.1, -0.05) is 42.5 Å². The van der Waals surface area contributed by atoms with Crippen molar-refractivity contribution in [1.29, 1.82) is 0 Å². The number of nitrogens with zero attached hydrogens (tertiary/aromatic N) is 2. The Morgan fingerprint density at radius 2 is 1.80 bits per heavy atom. The van der Waals surface area contributed by atoms with Gasteiger partial charge in [-0.3, -0.25) is 14.6 Å². The summed E-state index contributed by atoms with van der Waals surface area (Å²) in [4.78, 5) is 29.4. The number of methoxy groups -OCH3 is 1. The molecule has 2 fully saturated rings. The molecule has 2 aliphatic rings. The number of carbonyl (C=O) groups excluding carboxylic acids is 2. The molecule has 6 nitrogen and oxygen atoms in total. The minimum Gasteiger partial charge on any atom is -0.497 e. The normalized spacial score (nSPS) is 21.4. The summed E-state index contributed by atoms with van der Waals surface area (Å²) in [6, 6.07) is 17.9. The molecule has 6 heteroatoms. The van der Waals surface area contributed by atoms with E-state index in [1.165, 1.54) is 10.5 Å². The van der Waals surface area contributed by atoms with Gasteiger partial charge in [0.15, 0.2) is 0 Å². The highest BCUT2D eigenvalue weighted by atomic mass is 16.5. The summed E-state index contributed by atoms with van der Waals surface area (Å²) in [5.74, 6) is 1.03. The minimum absolute atomic E-state index is 0.0361. The van der Waals surface area contributed by atoms with Crippen LogP contribution in [0.5, 0.6) is 5.75 Å². The second-order valence-corrected chi connectivity index (χ2v) is 8.26. The van der Waals surface area contributed by atoms with Crippen molar-refractivity contribution in [1.82, 2.24) is 15.1 Å². The first-order chi connectivity index (χ1) is 14.6. The fraction of sp³-hybridized carbons (Fsp3) is 0.417. The largest absolute Gasteiger partial charge is 0.497 e. The van der Waals surface area contributed by atoms with Crippen LogP contribution >= 0.6 is 0 Å². The van der Waals surface area contributed by atoms with Gasteiger partial charge in [-0.15, -0.1) is 0 Å². The van der Waals surface area contributed by atoms with Gasteiger partial charge in [0, 0.05) is 32.7 Å². The van der Waals surface area contributed by atoms with Crippen LogP contribution in [-0.4, -0.2) is 55.0 Å². The summed E-state index contributed by atoms with van der Waals surface area (Å²) < 4.78 is 5.16. The van der Waals surface area contributed by atoms with Crippen LogP contribution in [0.1, 0.15) is 17.5 Å². The van der Waals surface area contributed by atoms with E-state index in [-0.39, 0.29) is 17.9 Å². The van der Waals surface area contributed by atoms with Crippen LogP contribution in [0.15, 0.2) is 54.6 Å². The number of urea groups is 1. The molecule has 0 aliphatic carbocycles. The number of nitrogens with one attached hydrogen (secondary N) is 1. The molecule has 158 valence electrons. The van der Waals surface area contributed by atoms with Gasteiger partial charge in [0.1, 0.15) is 5.75 Å². The number of likely N-dealkylation sites (tertiary alicyclic amines) is 2. The molecular weight excluding hydrogens is 378 g/mol. The van der Waals surface area contributed by atoms with Gasteiger partial charge in [-0.25, -0.2) is 4.79 Å². The summed E-state index contributed by atoms with van der Waals surface area (Å²) in [6.07, 6.45) is 1.61. The number of ether oxygens (including phenoxy) is 1. The molecule has 2 aromatic rings. The zero-order chi connectivity index (χ0) is 20.9. The Morgan fingerprint density at radius 3 is 2.53 bits per heavy atom. The topological polar surface area (TPSA) is 61.9 Å². The average molecular weight is 408 g/mol. The fourth-order valence-electron chi connectivity index (χ4n) is 4.54. The van der Waals surface area contributed by atoms with Gasteiger partial charge >= 0.3 is 6.03 Å². The van der Waals surface area contributed by atoms with Gasteiger partial charge in [0.2, 0.25) is 5.91 Å². The smallest absolute Gasteiger partial charge is 0.324 e. The van der Waals surface area contributed by atoms with E-state index in [0.29, 0.717) is 19.0 Å². The van der Waals surface area contributed by atoms with Gasteiger partial charge in [0.05, 0.1) is 13.0 Å². The molecule has 2 heterocycles. The zero-order valence-corrected chi connectivity index (χ0v) is 17.4. The first kappa shape index (κ1) is 20.4. The Morgan fingerprint density at radius 1 is 1.03 bits per heavy atom. The minimum atomic E-state index is -0.264. The van der Waals surface area contributed by atoms with Crippen LogP contribution in [0.3, 0.4) is 0 Å². The number of hydrogen-bond donors (Lipinski definition) is 1. The van der Waals surface area contributed by atoms with Crippen molar-refractivity contribution in [3.63, 3.8) is 0 Å². The Bertz CT molecular complexity index is 869. The molecule has 0 aromatic heterocycles. The van der Waals surface area contributed by atoms with Crippen LogP contribution in [-0.2, 0) is 17.8 Å². The lowest BCUT2D eigenvalue weighted by molar-refractivity contribution is -0.140. The van der Waals surface area contributed by atoms with Crippen molar-refractivity contribution in [2.45, 2.75) is 19.4 Å². The molecule has 30 heavy (non-hydrogen) atoms. The lowest BCUT2D eigenvalue weighted by atomic mass is 9.84. The summed E-state index contributed by atoms with van der Waals surface area (Å²) in [7, 11) is 1.64. The molecule has 0 saturated carbocycles. The summed E-state index contributed by atoms with van der Waals surface area (Å²) >= 11 is 0. The molecule has 0 unspecified atom stereocenters. The highest BCUT2D eigenvalue weighted by Crippen LogP contribution is 2.30. The quantitative estimate of drug-likeness (QED) is 0.800. The standard InChI is InChI=1S/C24H29N3O3/c1-30-22-9-7-18(8-10-22)11-12-25-24(29)27-16-20-13-21(23(27)28)17-26(15-20)14-19-5-3-2-4-6-19/h2-10,20-21H,11-17H2,1H3,(H,25,29)/t20-,21-/m1/s1. The molecule has 0 spiro atoms. The predicted octanol–water partition coefficient (Wildman–Crippen LogP) is 2.93. The van der Waals surface area contributed by atoms with Gasteiger partial charge < -0.3 is 10.1 Å². The monoisotopic (exact) mass is 407 g/mol. The number of amides is 3. The average Bonchev–Trinajstić information content (AvgIpc) is 2.77. The molecule has 3 amide bonds. The maximum absolute atomic E-state index is 12.9. The predicted molar refractivity (Wildman–Crippen MR) is 115 cm³/mol. The lowest BCUT2D eigenvalue weighted by Gasteiger charge is -2.44. The molecular formula is C24H29N3O3. The van der Waals surface area contributed by atoms with Gasteiger partial charge in [-0.05, 0) is 42.0 Å². The highest BCUT2D eigenvalue weighted by molar-refractivity contribution is 5.96. The Labute approximate surface area is 177 Å². The molecule has 2 bridgehead atoms. The Balaban J connectivity index is 1.28. The zero-order valence-electron chi connectivity index (χ0n) is 17.4. The molecule has 2 saturated heterocycles. The number of fused-ring (bicyclic) bond motifs is 2. The van der Waals surface area contributed by atoms with Crippen molar-refractivity contribution >= 4 is 11.9 Å². The van der Waals surface area contributed by atoms with E-state index in [1.54, 1.807) is 7.11 Å². The van der Waals surface area contributed by atoms with Crippen LogP contribution < -0.4 is 10.1 Å². The number of carbonyl (C=O) groups is 2. The third-order valence-corrected chi connectivity index (χ3v) is 6.01. The third kappa shape index (κ3) is 4.82. The second kappa shape index (κ2) is 9.30. The van der Waals surface area contributed by atoms with E-state index in [1.807, 2.05) is 42.5 Å². The SMILES string of the molecule is COc1ccc(CCNC(=O)N2C[C@@H]3C[C@H](CN(Cc4ccccc4)C3)C2=O)cc1. The Kier molecular flexibility index (Phi) is 6.33. The van der Waals surface area contributed by atoms with Crippen LogP contribution in [0.4, 0.5) is 4.79 Å². The van der Waals surface area contributed by atoms with E-state index in [0.717, 1.165) is 43.8 Å². The molecule has 1 N–H and O–H groups in total. The van der Waals surface area contributed by atoms with Gasteiger partial charge in [0.25, 0.3) is 0 Å². The number of piperidine rings is 2. The van der Waals surface area contributed by atoms with Gasteiger partial charge in [-0.2, -0.15) is 0 Å². The van der Waals surface area contributed by atoms with E-state index in [4.69, 9.17) is 4.74 Å². The first-order valence-corrected chi connectivity index (χ1v) is 10.6. The van der Waals surface area contributed by atoms with Crippen LogP contribution in [0.25, 0.3) is 0 Å². The van der Waals surface area contributed by atoms with Crippen molar-refractivity contribution in [2.75, 3.05) is 33.3 Å². The number of imide groups is 1.